The van der Waals surface area contributed by atoms with Crippen molar-refractivity contribution >= 4 is 44.1 Å². The zero-order valence-electron chi connectivity index (χ0n) is 27.4. The average Bonchev–Trinajstić information content (AvgIpc) is 3.87. The molecule has 0 aliphatic heterocycles. The smallest absolute Gasteiger partial charge is 0.161 e. The number of para-hydroxylation sites is 2. The van der Waals surface area contributed by atoms with Crippen LogP contribution in [0.25, 0.3) is 77.5 Å². The maximum absolute atomic E-state index is 6.47. The van der Waals surface area contributed by atoms with Gasteiger partial charge in [-0.25, -0.2) is 0 Å². The number of hydrogen-bond donors (Lipinski definition) is 0. The molecule has 0 bridgehead atoms. The fraction of sp³-hybridized carbons (Fsp3) is 0.0213. The first-order chi connectivity index (χ1) is 25.3. The molecule has 0 N–H and O–H groups in total. The summed E-state index contributed by atoms with van der Waals surface area (Å²) in [5.41, 5.74) is 16.0. The van der Waals surface area contributed by atoms with Crippen LogP contribution in [0.5, 0.6) is 0 Å². The van der Waals surface area contributed by atoms with Crippen molar-refractivity contribution < 1.29 is 8.83 Å². The molecule has 1 aliphatic carbocycles. The van der Waals surface area contributed by atoms with Crippen molar-refractivity contribution in [1.82, 2.24) is 9.97 Å². The third kappa shape index (κ3) is 3.90. The number of hydrogen-bond acceptors (Lipinski definition) is 4. The zero-order chi connectivity index (χ0) is 33.5. The van der Waals surface area contributed by atoms with Gasteiger partial charge in [0, 0.05) is 34.3 Å². The van der Waals surface area contributed by atoms with Crippen LogP contribution in [0.3, 0.4) is 0 Å². The van der Waals surface area contributed by atoms with E-state index in [1.54, 1.807) is 0 Å². The number of fused-ring (bicyclic) bond motifs is 9. The van der Waals surface area contributed by atoms with Crippen molar-refractivity contribution in [2.24, 2.45) is 0 Å². The standard InChI is InChI=1S/C47H28N2O2/c1-3-11-31(12-4-1)47(32-13-5-2-6-14-32)39-21-19-29(33-23-25-48-43-35-15-7-9-17-41(35)50-45(33)43)27-37(39)38-28-30(20-22-40(38)47)34-24-26-49-44-36-16-8-10-18-42(36)51-46(34)44/h1-28H. The topological polar surface area (TPSA) is 52.1 Å². The van der Waals surface area contributed by atoms with Gasteiger partial charge in [-0.1, -0.05) is 109 Å². The summed E-state index contributed by atoms with van der Waals surface area (Å²) in [7, 11) is 0. The van der Waals surface area contributed by atoms with Gasteiger partial charge < -0.3 is 8.83 Å². The number of pyridine rings is 2. The highest BCUT2D eigenvalue weighted by Crippen LogP contribution is 2.57. The van der Waals surface area contributed by atoms with Crippen LogP contribution in [0.2, 0.25) is 0 Å². The van der Waals surface area contributed by atoms with Crippen molar-refractivity contribution in [3.05, 3.63) is 192 Å². The van der Waals surface area contributed by atoms with Crippen LogP contribution in [-0.4, -0.2) is 9.97 Å². The lowest BCUT2D eigenvalue weighted by molar-refractivity contribution is 0.669. The van der Waals surface area contributed by atoms with Gasteiger partial charge in [0.2, 0.25) is 0 Å². The Morgan fingerprint density at radius 3 is 1.29 bits per heavy atom. The van der Waals surface area contributed by atoms with E-state index in [4.69, 9.17) is 18.8 Å². The fourth-order valence-electron chi connectivity index (χ4n) is 8.50. The van der Waals surface area contributed by atoms with E-state index in [2.05, 4.69) is 121 Å². The molecule has 0 saturated heterocycles. The highest BCUT2D eigenvalue weighted by atomic mass is 16.3. The minimum Gasteiger partial charge on any atom is -0.454 e. The van der Waals surface area contributed by atoms with E-state index in [-0.39, 0.29) is 0 Å². The van der Waals surface area contributed by atoms with E-state index in [1.165, 1.54) is 33.4 Å². The minimum absolute atomic E-state index is 0.524. The lowest BCUT2D eigenvalue weighted by Crippen LogP contribution is -2.28. The van der Waals surface area contributed by atoms with Gasteiger partial charge in [-0.2, -0.15) is 0 Å². The molecule has 0 spiro atoms. The highest BCUT2D eigenvalue weighted by Gasteiger charge is 2.46. The Labute approximate surface area is 293 Å². The van der Waals surface area contributed by atoms with Gasteiger partial charge >= 0.3 is 0 Å². The molecular formula is C47H28N2O2. The van der Waals surface area contributed by atoms with E-state index in [0.29, 0.717) is 0 Å². The summed E-state index contributed by atoms with van der Waals surface area (Å²) in [6, 6.07) is 56.0. The van der Waals surface area contributed by atoms with Crippen molar-refractivity contribution in [1.29, 1.82) is 0 Å². The van der Waals surface area contributed by atoms with Gasteiger partial charge in [0.05, 0.1) is 5.41 Å². The maximum atomic E-state index is 6.47. The third-order valence-corrected chi connectivity index (χ3v) is 10.7. The fourth-order valence-corrected chi connectivity index (χ4v) is 8.50. The van der Waals surface area contributed by atoms with Crippen LogP contribution in [0.15, 0.2) is 179 Å². The lowest BCUT2D eigenvalue weighted by Gasteiger charge is -2.34. The Hall–Kier alpha value is -6.78. The van der Waals surface area contributed by atoms with Gasteiger partial charge in [0.1, 0.15) is 22.2 Å². The average molecular weight is 653 g/mol. The third-order valence-electron chi connectivity index (χ3n) is 10.7. The Morgan fingerprint density at radius 1 is 0.392 bits per heavy atom. The molecule has 4 heteroatoms. The van der Waals surface area contributed by atoms with E-state index in [0.717, 1.165) is 66.4 Å². The minimum atomic E-state index is -0.524. The second-order valence-electron chi connectivity index (χ2n) is 13.3. The predicted molar refractivity (Wildman–Crippen MR) is 205 cm³/mol. The van der Waals surface area contributed by atoms with E-state index in [9.17, 15) is 0 Å². The van der Waals surface area contributed by atoms with Crippen LogP contribution in [0.1, 0.15) is 22.3 Å². The highest BCUT2D eigenvalue weighted by molar-refractivity contribution is 6.09. The maximum Gasteiger partial charge on any atom is 0.161 e. The normalized spacial score (nSPS) is 13.3. The van der Waals surface area contributed by atoms with Gasteiger partial charge in [-0.05, 0) is 93.0 Å². The number of furan rings is 2. The summed E-state index contributed by atoms with van der Waals surface area (Å²) in [4.78, 5) is 9.49. The molecule has 0 unspecified atom stereocenters. The summed E-state index contributed by atoms with van der Waals surface area (Å²) in [6.45, 7) is 0. The molecule has 0 atom stereocenters. The first kappa shape index (κ1) is 28.1. The van der Waals surface area contributed by atoms with Gasteiger partial charge in [-0.3, -0.25) is 9.97 Å². The SMILES string of the molecule is c1ccc(C2(c3ccccc3)c3ccc(-c4ccnc5c4oc4ccccc45)cc3-c3cc(-c4ccnc5c4oc4ccccc45)ccc32)cc1. The molecule has 6 aromatic carbocycles. The molecule has 4 nitrogen and oxygen atoms in total. The van der Waals surface area contributed by atoms with Crippen LogP contribution in [0.4, 0.5) is 0 Å². The first-order valence-electron chi connectivity index (χ1n) is 17.2. The molecule has 0 radical (unpaired) electrons. The van der Waals surface area contributed by atoms with Crippen LogP contribution in [0, 0.1) is 0 Å². The van der Waals surface area contributed by atoms with Crippen LogP contribution >= 0.6 is 0 Å². The number of benzene rings is 6. The summed E-state index contributed by atoms with van der Waals surface area (Å²) < 4.78 is 12.9. The van der Waals surface area contributed by atoms with E-state index < -0.39 is 5.41 Å². The molecule has 0 saturated carbocycles. The first-order valence-corrected chi connectivity index (χ1v) is 17.2. The van der Waals surface area contributed by atoms with Crippen molar-refractivity contribution in [2.75, 3.05) is 0 Å². The summed E-state index contributed by atoms with van der Waals surface area (Å²) in [5.74, 6) is 0. The Kier molecular flexibility index (Phi) is 5.84. The predicted octanol–water partition coefficient (Wildman–Crippen LogP) is 12.0. The number of nitrogens with zero attached hydrogens (tertiary/aromatic N) is 2. The second-order valence-corrected chi connectivity index (χ2v) is 13.3. The number of rotatable bonds is 4. The molecule has 0 amide bonds. The van der Waals surface area contributed by atoms with Crippen LogP contribution in [-0.2, 0) is 5.41 Å². The van der Waals surface area contributed by atoms with Crippen molar-refractivity contribution in [3.63, 3.8) is 0 Å². The monoisotopic (exact) mass is 652 g/mol. The lowest BCUT2D eigenvalue weighted by atomic mass is 9.67. The molecule has 238 valence electrons. The van der Waals surface area contributed by atoms with Crippen molar-refractivity contribution in [2.45, 2.75) is 5.41 Å². The molecule has 10 aromatic rings. The second kappa shape index (κ2) is 10.6. The van der Waals surface area contributed by atoms with E-state index >= 15 is 0 Å². The molecule has 4 heterocycles. The Morgan fingerprint density at radius 2 is 0.824 bits per heavy atom. The Bertz CT molecular complexity index is 2770. The van der Waals surface area contributed by atoms with Gasteiger partial charge in [0.15, 0.2) is 11.2 Å². The Balaban J connectivity index is 1.21. The molecular weight excluding hydrogens is 625 g/mol. The van der Waals surface area contributed by atoms with Crippen LogP contribution < -0.4 is 0 Å². The summed E-state index contributed by atoms with van der Waals surface area (Å²) >= 11 is 0. The van der Waals surface area contributed by atoms with Gasteiger partial charge in [-0.15, -0.1) is 0 Å². The molecule has 0 fully saturated rings. The quantitative estimate of drug-likeness (QED) is 0.190. The van der Waals surface area contributed by atoms with E-state index in [1.807, 2.05) is 48.8 Å². The van der Waals surface area contributed by atoms with Crippen molar-refractivity contribution in [3.8, 4) is 33.4 Å². The van der Waals surface area contributed by atoms with Gasteiger partial charge in [0.25, 0.3) is 0 Å². The zero-order valence-corrected chi connectivity index (χ0v) is 27.4. The number of aromatic nitrogens is 2. The molecule has 51 heavy (non-hydrogen) atoms. The molecule has 11 rings (SSSR count). The largest absolute Gasteiger partial charge is 0.454 e. The summed E-state index contributed by atoms with van der Waals surface area (Å²) in [5, 5.41) is 2.04. The molecule has 1 aliphatic rings. The molecule has 4 aromatic heterocycles. The summed E-state index contributed by atoms with van der Waals surface area (Å²) in [6.07, 6.45) is 3.78.